The van der Waals surface area contributed by atoms with E-state index in [1.807, 2.05) is 16.7 Å². The molecule has 0 saturated carbocycles. The molecular formula is C12H24N2OS. The van der Waals surface area contributed by atoms with Crippen molar-refractivity contribution in [1.82, 2.24) is 10.2 Å². The summed E-state index contributed by atoms with van der Waals surface area (Å²) in [6.07, 6.45) is 8.07. The van der Waals surface area contributed by atoms with Crippen molar-refractivity contribution in [1.29, 1.82) is 0 Å². The quantitative estimate of drug-likeness (QED) is 0.664. The summed E-state index contributed by atoms with van der Waals surface area (Å²) in [6.45, 7) is 3.74. The Kier molecular flexibility index (Phi) is 6.88. The Bertz CT molecular complexity index is 211. The second kappa shape index (κ2) is 7.96. The van der Waals surface area contributed by atoms with Gasteiger partial charge in [0, 0.05) is 6.54 Å². The minimum atomic E-state index is 0.0801. The second-order valence-corrected chi connectivity index (χ2v) is 5.32. The molecule has 0 aliphatic carbocycles. The number of hydrogen-bond acceptors (Lipinski definition) is 3. The van der Waals surface area contributed by atoms with Crippen LogP contribution in [0.5, 0.6) is 0 Å². The third kappa shape index (κ3) is 4.34. The number of nitrogens with zero attached hydrogens (tertiary/aromatic N) is 1. The standard InChI is InChI=1S/C12H24N2OS/c1-3-11-12(15)14(10-13-11)8-6-4-5-7-9-16-2/h11,13H,3-10H2,1-2H3. The lowest BCUT2D eigenvalue weighted by atomic mass is 10.2. The first-order chi connectivity index (χ1) is 7.79. The van der Waals surface area contributed by atoms with Crippen LogP contribution < -0.4 is 5.32 Å². The fraction of sp³-hybridized carbons (Fsp3) is 0.917. The van der Waals surface area contributed by atoms with E-state index in [0.717, 1.165) is 26.1 Å². The highest BCUT2D eigenvalue weighted by Gasteiger charge is 2.28. The fourth-order valence-electron chi connectivity index (χ4n) is 2.02. The van der Waals surface area contributed by atoms with Gasteiger partial charge in [-0.15, -0.1) is 0 Å². The van der Waals surface area contributed by atoms with Gasteiger partial charge in [0.2, 0.25) is 5.91 Å². The van der Waals surface area contributed by atoms with Crippen LogP contribution in [0.2, 0.25) is 0 Å². The number of carbonyl (C=O) groups is 1. The normalized spacial score (nSPS) is 20.8. The molecule has 0 bridgehead atoms. The topological polar surface area (TPSA) is 32.3 Å². The van der Waals surface area contributed by atoms with Crippen LogP contribution in [0.25, 0.3) is 0 Å². The molecule has 1 saturated heterocycles. The van der Waals surface area contributed by atoms with E-state index in [9.17, 15) is 4.79 Å². The Balaban J connectivity index is 2.03. The average molecular weight is 244 g/mol. The van der Waals surface area contributed by atoms with Crippen molar-refractivity contribution in [2.24, 2.45) is 0 Å². The van der Waals surface area contributed by atoms with Crippen molar-refractivity contribution in [3.05, 3.63) is 0 Å². The molecule has 1 atom stereocenters. The highest BCUT2D eigenvalue weighted by molar-refractivity contribution is 7.98. The molecule has 16 heavy (non-hydrogen) atoms. The molecule has 1 fully saturated rings. The van der Waals surface area contributed by atoms with E-state index in [0.29, 0.717) is 5.91 Å². The predicted octanol–water partition coefficient (Wildman–Crippen LogP) is 2.08. The average Bonchev–Trinajstić information content (AvgIpc) is 2.65. The summed E-state index contributed by atoms with van der Waals surface area (Å²) < 4.78 is 0. The van der Waals surface area contributed by atoms with E-state index in [1.165, 1.54) is 25.0 Å². The maximum Gasteiger partial charge on any atom is 0.240 e. The SMILES string of the molecule is CCC1NCN(CCCCCCSC)C1=O. The first-order valence-electron chi connectivity index (χ1n) is 6.30. The number of unbranched alkanes of at least 4 members (excludes halogenated alkanes) is 3. The molecular weight excluding hydrogens is 220 g/mol. The summed E-state index contributed by atoms with van der Waals surface area (Å²) in [5.74, 6) is 1.56. The lowest BCUT2D eigenvalue weighted by molar-refractivity contribution is -0.129. The first-order valence-corrected chi connectivity index (χ1v) is 7.70. The van der Waals surface area contributed by atoms with Gasteiger partial charge in [-0.2, -0.15) is 11.8 Å². The van der Waals surface area contributed by atoms with Crippen molar-refractivity contribution in [2.75, 3.05) is 25.2 Å². The smallest absolute Gasteiger partial charge is 0.240 e. The number of carbonyl (C=O) groups excluding carboxylic acids is 1. The number of hydrogen-bond donors (Lipinski definition) is 1. The molecule has 0 spiro atoms. The van der Waals surface area contributed by atoms with Crippen molar-refractivity contribution >= 4 is 17.7 Å². The summed E-state index contributed by atoms with van der Waals surface area (Å²) in [7, 11) is 0. The first kappa shape index (κ1) is 13.8. The lowest BCUT2D eigenvalue weighted by Gasteiger charge is -2.14. The van der Waals surface area contributed by atoms with Crippen LogP contribution in [0.3, 0.4) is 0 Å². The Morgan fingerprint density at radius 1 is 1.38 bits per heavy atom. The molecule has 1 aliphatic heterocycles. The van der Waals surface area contributed by atoms with Crippen LogP contribution in [0.15, 0.2) is 0 Å². The number of amides is 1. The molecule has 0 radical (unpaired) electrons. The minimum Gasteiger partial charge on any atom is -0.329 e. The monoisotopic (exact) mass is 244 g/mol. The Labute approximate surface area is 103 Å². The van der Waals surface area contributed by atoms with Gasteiger partial charge in [-0.05, 0) is 31.3 Å². The molecule has 1 heterocycles. The van der Waals surface area contributed by atoms with Crippen LogP contribution in [-0.4, -0.2) is 42.1 Å². The summed E-state index contributed by atoms with van der Waals surface area (Å²) >= 11 is 1.91. The van der Waals surface area contributed by atoms with Crippen molar-refractivity contribution in [3.63, 3.8) is 0 Å². The van der Waals surface area contributed by atoms with Gasteiger partial charge >= 0.3 is 0 Å². The van der Waals surface area contributed by atoms with E-state index in [2.05, 4.69) is 18.5 Å². The molecule has 1 N–H and O–H groups in total. The van der Waals surface area contributed by atoms with E-state index in [4.69, 9.17) is 0 Å². The van der Waals surface area contributed by atoms with E-state index < -0.39 is 0 Å². The third-order valence-electron chi connectivity index (χ3n) is 3.07. The maximum absolute atomic E-state index is 11.8. The molecule has 0 aromatic rings. The molecule has 4 heteroatoms. The highest BCUT2D eigenvalue weighted by atomic mass is 32.2. The predicted molar refractivity (Wildman–Crippen MR) is 70.6 cm³/mol. The van der Waals surface area contributed by atoms with Crippen LogP contribution in [0, 0.1) is 0 Å². The van der Waals surface area contributed by atoms with Gasteiger partial charge in [0.1, 0.15) is 0 Å². The van der Waals surface area contributed by atoms with Gasteiger partial charge < -0.3 is 4.90 Å². The van der Waals surface area contributed by atoms with Gasteiger partial charge in [-0.3, -0.25) is 10.1 Å². The van der Waals surface area contributed by atoms with Crippen LogP contribution in [0.4, 0.5) is 0 Å². The Hall–Kier alpha value is -0.220. The van der Waals surface area contributed by atoms with Crippen molar-refractivity contribution in [2.45, 2.75) is 45.1 Å². The van der Waals surface area contributed by atoms with Gasteiger partial charge in [0.05, 0.1) is 12.7 Å². The zero-order valence-corrected chi connectivity index (χ0v) is 11.3. The molecule has 0 aromatic carbocycles. The molecule has 1 unspecified atom stereocenters. The molecule has 1 rings (SSSR count). The van der Waals surface area contributed by atoms with E-state index in [1.54, 1.807) is 0 Å². The Morgan fingerprint density at radius 3 is 2.75 bits per heavy atom. The van der Waals surface area contributed by atoms with E-state index >= 15 is 0 Å². The van der Waals surface area contributed by atoms with Crippen molar-refractivity contribution < 1.29 is 4.79 Å². The summed E-state index contributed by atoms with van der Waals surface area (Å²) in [4.78, 5) is 13.7. The molecule has 1 aliphatic rings. The summed E-state index contributed by atoms with van der Waals surface area (Å²) in [6, 6.07) is 0.0801. The minimum absolute atomic E-state index is 0.0801. The molecule has 1 amide bonds. The molecule has 3 nitrogen and oxygen atoms in total. The Morgan fingerprint density at radius 2 is 2.12 bits per heavy atom. The number of thioether (sulfide) groups is 1. The second-order valence-electron chi connectivity index (χ2n) is 4.33. The summed E-state index contributed by atoms with van der Waals surface area (Å²) in [5.41, 5.74) is 0. The van der Waals surface area contributed by atoms with Crippen LogP contribution in [0.1, 0.15) is 39.0 Å². The fourth-order valence-corrected chi connectivity index (χ4v) is 2.51. The summed E-state index contributed by atoms with van der Waals surface area (Å²) in [5, 5.41) is 3.24. The molecule has 0 aromatic heterocycles. The van der Waals surface area contributed by atoms with Gasteiger partial charge in [-0.1, -0.05) is 19.8 Å². The van der Waals surface area contributed by atoms with Crippen LogP contribution in [-0.2, 0) is 4.79 Å². The third-order valence-corrected chi connectivity index (χ3v) is 3.77. The number of nitrogens with one attached hydrogen (secondary N) is 1. The van der Waals surface area contributed by atoms with Crippen molar-refractivity contribution in [3.8, 4) is 0 Å². The zero-order chi connectivity index (χ0) is 11.8. The van der Waals surface area contributed by atoms with Gasteiger partial charge in [0.25, 0.3) is 0 Å². The molecule has 94 valence electrons. The van der Waals surface area contributed by atoms with Gasteiger partial charge in [-0.25, -0.2) is 0 Å². The maximum atomic E-state index is 11.8. The van der Waals surface area contributed by atoms with Gasteiger partial charge in [0.15, 0.2) is 0 Å². The highest BCUT2D eigenvalue weighted by Crippen LogP contribution is 2.10. The zero-order valence-electron chi connectivity index (χ0n) is 10.5. The van der Waals surface area contributed by atoms with Crippen LogP contribution >= 0.6 is 11.8 Å². The van der Waals surface area contributed by atoms with E-state index in [-0.39, 0.29) is 6.04 Å². The lowest BCUT2D eigenvalue weighted by Crippen LogP contribution is -2.30. The number of rotatable bonds is 8. The largest absolute Gasteiger partial charge is 0.329 e.